The van der Waals surface area contributed by atoms with E-state index in [0.29, 0.717) is 12.1 Å². The zero-order chi connectivity index (χ0) is 9.10. The molecule has 1 aromatic heterocycles. The molecule has 0 amide bonds. The summed E-state index contributed by atoms with van der Waals surface area (Å²) in [6.45, 7) is 3.97. The summed E-state index contributed by atoms with van der Waals surface area (Å²) < 4.78 is 5.14. The van der Waals surface area contributed by atoms with E-state index in [1.54, 1.807) is 0 Å². The third kappa shape index (κ3) is 2.10. The molecule has 1 aromatic rings. The number of hydrogen-bond donors (Lipinski definition) is 1. The van der Waals surface area contributed by atoms with Crippen LogP contribution in [-0.2, 0) is 4.74 Å². The Bertz CT molecular complexity index is 243. The van der Waals surface area contributed by atoms with Crippen LogP contribution in [0.4, 0.5) is 0 Å². The zero-order valence-electron chi connectivity index (χ0n) is 7.82. The lowest BCUT2D eigenvalue weighted by Gasteiger charge is -2.30. The van der Waals surface area contributed by atoms with Crippen molar-refractivity contribution in [3.63, 3.8) is 0 Å². The fraction of sp³-hybridized carbons (Fsp3) is 0.600. The minimum absolute atomic E-state index is 0.522. The average Bonchev–Trinajstić information content (AvgIpc) is 2.55. The molecule has 0 spiro atoms. The highest BCUT2D eigenvalue weighted by molar-refractivity contribution is 7.10. The number of rotatable bonds is 4. The Balaban J connectivity index is 1.92. The maximum atomic E-state index is 5.14. The first-order valence-corrected chi connectivity index (χ1v) is 5.65. The highest BCUT2D eigenvalue weighted by atomic mass is 32.1. The summed E-state index contributed by atoms with van der Waals surface area (Å²) in [5, 5.41) is 5.73. The molecule has 1 unspecified atom stereocenters. The Morgan fingerprint density at radius 1 is 1.69 bits per heavy atom. The molecule has 1 fully saturated rings. The molecule has 0 radical (unpaired) electrons. The second kappa shape index (κ2) is 4.22. The van der Waals surface area contributed by atoms with Gasteiger partial charge in [-0.3, -0.25) is 0 Å². The minimum atomic E-state index is 0.522. The van der Waals surface area contributed by atoms with E-state index < -0.39 is 0 Å². The van der Waals surface area contributed by atoms with E-state index in [1.165, 1.54) is 4.88 Å². The van der Waals surface area contributed by atoms with Crippen molar-refractivity contribution >= 4 is 11.3 Å². The van der Waals surface area contributed by atoms with Crippen LogP contribution in [0.5, 0.6) is 0 Å². The van der Waals surface area contributed by atoms with E-state index in [2.05, 4.69) is 29.8 Å². The molecule has 1 aliphatic rings. The van der Waals surface area contributed by atoms with Gasteiger partial charge in [0.25, 0.3) is 0 Å². The molecule has 2 nitrogen and oxygen atoms in total. The Morgan fingerprint density at radius 2 is 2.54 bits per heavy atom. The third-order valence-corrected chi connectivity index (χ3v) is 3.36. The van der Waals surface area contributed by atoms with Gasteiger partial charge in [-0.15, -0.1) is 11.3 Å². The van der Waals surface area contributed by atoms with Crippen LogP contribution in [0.3, 0.4) is 0 Å². The summed E-state index contributed by atoms with van der Waals surface area (Å²) in [7, 11) is 0. The summed E-state index contributed by atoms with van der Waals surface area (Å²) in [6, 6.07) is 5.41. The molecule has 1 N–H and O–H groups in total. The molecule has 2 rings (SSSR count). The van der Waals surface area contributed by atoms with Crippen molar-refractivity contribution in [3.05, 3.63) is 22.4 Å². The second-order valence-electron chi connectivity index (χ2n) is 3.38. The molecule has 2 heterocycles. The highest BCUT2D eigenvalue weighted by Crippen LogP contribution is 2.23. The van der Waals surface area contributed by atoms with Crippen LogP contribution in [0.25, 0.3) is 0 Å². The van der Waals surface area contributed by atoms with E-state index >= 15 is 0 Å². The lowest BCUT2D eigenvalue weighted by atomic mass is 10.1. The topological polar surface area (TPSA) is 21.3 Å². The Hall–Kier alpha value is -0.380. The lowest BCUT2D eigenvalue weighted by Crippen LogP contribution is -2.47. The van der Waals surface area contributed by atoms with Gasteiger partial charge in [0.1, 0.15) is 0 Å². The SMILES string of the molecule is CCC(NC1COC1)c1cccs1. The van der Waals surface area contributed by atoms with Gasteiger partial charge in [-0.05, 0) is 17.9 Å². The summed E-state index contributed by atoms with van der Waals surface area (Å²) in [5.41, 5.74) is 0. The van der Waals surface area contributed by atoms with Gasteiger partial charge in [-0.1, -0.05) is 13.0 Å². The van der Waals surface area contributed by atoms with E-state index in [9.17, 15) is 0 Å². The predicted octanol–water partition coefficient (Wildman–Crippen LogP) is 2.19. The Kier molecular flexibility index (Phi) is 2.98. The molecule has 1 atom stereocenters. The van der Waals surface area contributed by atoms with Gasteiger partial charge in [-0.2, -0.15) is 0 Å². The molecule has 1 saturated heterocycles. The van der Waals surface area contributed by atoms with Crippen LogP contribution >= 0.6 is 11.3 Å². The van der Waals surface area contributed by atoms with E-state index in [0.717, 1.165) is 19.6 Å². The van der Waals surface area contributed by atoms with Gasteiger partial charge in [0, 0.05) is 10.9 Å². The van der Waals surface area contributed by atoms with E-state index in [4.69, 9.17) is 4.74 Å². The van der Waals surface area contributed by atoms with Gasteiger partial charge in [-0.25, -0.2) is 0 Å². The third-order valence-electron chi connectivity index (χ3n) is 2.37. The summed E-state index contributed by atoms with van der Waals surface area (Å²) in [5.74, 6) is 0. The molecule has 0 bridgehead atoms. The molecule has 0 saturated carbocycles. The highest BCUT2D eigenvalue weighted by Gasteiger charge is 2.22. The van der Waals surface area contributed by atoms with Crippen molar-refractivity contribution in [2.24, 2.45) is 0 Å². The van der Waals surface area contributed by atoms with Gasteiger partial charge < -0.3 is 10.1 Å². The van der Waals surface area contributed by atoms with Crippen molar-refractivity contribution in [2.75, 3.05) is 13.2 Å². The summed E-state index contributed by atoms with van der Waals surface area (Å²) >= 11 is 1.83. The van der Waals surface area contributed by atoms with Gasteiger partial charge >= 0.3 is 0 Å². The number of thiophene rings is 1. The quantitative estimate of drug-likeness (QED) is 0.799. The van der Waals surface area contributed by atoms with E-state index in [1.807, 2.05) is 11.3 Å². The molecule has 72 valence electrons. The van der Waals surface area contributed by atoms with Crippen molar-refractivity contribution in [3.8, 4) is 0 Å². The molecule has 0 aliphatic carbocycles. The first-order chi connectivity index (χ1) is 6.40. The standard InChI is InChI=1S/C10H15NOS/c1-2-9(10-4-3-5-13-10)11-8-6-12-7-8/h3-5,8-9,11H,2,6-7H2,1H3. The first-order valence-electron chi connectivity index (χ1n) is 4.77. The van der Waals surface area contributed by atoms with Crippen LogP contribution in [-0.4, -0.2) is 19.3 Å². The lowest BCUT2D eigenvalue weighted by molar-refractivity contribution is -0.0102. The molecular weight excluding hydrogens is 182 g/mol. The summed E-state index contributed by atoms with van der Waals surface area (Å²) in [4.78, 5) is 1.44. The maximum Gasteiger partial charge on any atom is 0.0643 e. The van der Waals surface area contributed by atoms with Crippen molar-refractivity contribution in [1.82, 2.24) is 5.32 Å². The summed E-state index contributed by atoms with van der Waals surface area (Å²) in [6.07, 6.45) is 1.15. The fourth-order valence-corrected chi connectivity index (χ4v) is 2.38. The fourth-order valence-electron chi connectivity index (χ4n) is 1.51. The Morgan fingerprint density at radius 3 is 3.00 bits per heavy atom. The monoisotopic (exact) mass is 197 g/mol. The largest absolute Gasteiger partial charge is 0.378 e. The van der Waals surface area contributed by atoms with Crippen LogP contribution in [0.1, 0.15) is 24.3 Å². The predicted molar refractivity (Wildman–Crippen MR) is 55.1 cm³/mol. The molecular formula is C10H15NOS. The first kappa shape index (κ1) is 9.19. The molecule has 0 aromatic carbocycles. The second-order valence-corrected chi connectivity index (χ2v) is 4.36. The average molecular weight is 197 g/mol. The number of nitrogens with one attached hydrogen (secondary N) is 1. The zero-order valence-corrected chi connectivity index (χ0v) is 8.64. The normalized spacial score (nSPS) is 19.8. The van der Waals surface area contributed by atoms with E-state index in [-0.39, 0.29) is 0 Å². The van der Waals surface area contributed by atoms with Crippen molar-refractivity contribution in [1.29, 1.82) is 0 Å². The van der Waals surface area contributed by atoms with Gasteiger partial charge in [0.15, 0.2) is 0 Å². The number of hydrogen-bond acceptors (Lipinski definition) is 3. The molecule has 1 aliphatic heterocycles. The smallest absolute Gasteiger partial charge is 0.0643 e. The van der Waals surface area contributed by atoms with Crippen LogP contribution in [0, 0.1) is 0 Å². The molecule has 3 heteroatoms. The maximum absolute atomic E-state index is 5.14. The van der Waals surface area contributed by atoms with Crippen molar-refractivity contribution in [2.45, 2.75) is 25.4 Å². The van der Waals surface area contributed by atoms with Gasteiger partial charge in [0.2, 0.25) is 0 Å². The van der Waals surface area contributed by atoms with Crippen LogP contribution in [0.2, 0.25) is 0 Å². The van der Waals surface area contributed by atoms with Gasteiger partial charge in [0.05, 0.1) is 19.3 Å². The van der Waals surface area contributed by atoms with Crippen LogP contribution in [0.15, 0.2) is 17.5 Å². The Labute approximate surface area is 82.9 Å². The number of ether oxygens (including phenoxy) is 1. The minimum Gasteiger partial charge on any atom is -0.378 e. The van der Waals surface area contributed by atoms with Crippen molar-refractivity contribution < 1.29 is 4.74 Å². The van der Waals surface area contributed by atoms with Crippen LogP contribution < -0.4 is 5.32 Å². The molecule has 13 heavy (non-hydrogen) atoms.